The second-order valence-electron chi connectivity index (χ2n) is 10.1. The average molecular weight is 556 g/mol. The number of aryl methyl sites for hydroxylation is 2. The van der Waals surface area contributed by atoms with Crippen molar-refractivity contribution in [2.75, 3.05) is 4.90 Å². The van der Waals surface area contributed by atoms with E-state index in [4.69, 9.17) is 0 Å². The second-order valence-corrected chi connectivity index (χ2v) is 11.8. The van der Waals surface area contributed by atoms with E-state index >= 15 is 0 Å². The lowest BCUT2D eigenvalue weighted by atomic mass is 10.1. The van der Waals surface area contributed by atoms with Crippen LogP contribution in [0.1, 0.15) is 47.2 Å². The van der Waals surface area contributed by atoms with Gasteiger partial charge in [-0.2, -0.15) is 0 Å². The molecule has 0 saturated carbocycles. The number of sulfonamides is 1. The number of nitrogens with zero attached hydrogens (tertiary/aromatic N) is 2. The van der Waals surface area contributed by atoms with E-state index < -0.39 is 22.2 Å². The number of pyridine rings is 1. The maximum Gasteiger partial charge on any atom is 0.241 e. The predicted molar refractivity (Wildman–Crippen MR) is 155 cm³/mol. The number of anilines is 1. The van der Waals surface area contributed by atoms with Gasteiger partial charge in [-0.25, -0.2) is 13.1 Å². The quantitative estimate of drug-likeness (QED) is 0.294. The van der Waals surface area contributed by atoms with Crippen molar-refractivity contribution in [3.8, 4) is 0 Å². The SMILES string of the molecule is CCc1ccc(S(=O)(=O)N[C@@H]2c3cc(N(Cc4ccncc4)C(=O)CCc4ccccc4)ccc3C[C@H]2O)cc1. The van der Waals surface area contributed by atoms with Gasteiger partial charge in [0.1, 0.15) is 0 Å². The lowest BCUT2D eigenvalue weighted by molar-refractivity contribution is -0.118. The van der Waals surface area contributed by atoms with Crippen LogP contribution in [0.2, 0.25) is 0 Å². The first-order valence-electron chi connectivity index (χ1n) is 13.5. The molecule has 0 unspecified atom stereocenters. The van der Waals surface area contributed by atoms with Crippen LogP contribution in [0, 0.1) is 0 Å². The summed E-state index contributed by atoms with van der Waals surface area (Å²) in [5.41, 5.74) is 5.23. The first-order valence-corrected chi connectivity index (χ1v) is 15.0. The normalized spacial score (nSPS) is 16.4. The minimum absolute atomic E-state index is 0.0488. The molecular formula is C32H33N3O4S. The van der Waals surface area contributed by atoms with Gasteiger partial charge in [0.05, 0.1) is 23.6 Å². The van der Waals surface area contributed by atoms with Crippen LogP contribution in [-0.4, -0.2) is 30.5 Å². The van der Waals surface area contributed by atoms with Crippen LogP contribution >= 0.6 is 0 Å². The molecule has 0 radical (unpaired) electrons. The molecule has 3 aromatic carbocycles. The molecule has 8 heteroatoms. The molecule has 206 valence electrons. The van der Waals surface area contributed by atoms with Crippen molar-refractivity contribution in [1.82, 2.24) is 9.71 Å². The van der Waals surface area contributed by atoms with E-state index in [9.17, 15) is 18.3 Å². The number of fused-ring (bicyclic) bond motifs is 1. The molecule has 5 rings (SSSR count). The van der Waals surface area contributed by atoms with E-state index in [2.05, 4.69) is 9.71 Å². The van der Waals surface area contributed by atoms with Crippen LogP contribution in [0.4, 0.5) is 5.69 Å². The van der Waals surface area contributed by atoms with Crippen molar-refractivity contribution in [2.45, 2.75) is 56.2 Å². The standard InChI is InChI=1S/C32H33N3O4S/c1-2-23-8-13-28(14-9-23)40(38,39)34-32-29-21-27(12-11-26(29)20-30(32)36)35(22-25-16-18-33-19-17-25)31(37)15-10-24-6-4-3-5-7-24/h3-9,11-14,16-19,21,30,32,34,36H,2,10,15,20,22H2,1H3/t30-,32-/m1/s1. The Morgan fingerprint density at radius 3 is 2.38 bits per heavy atom. The van der Waals surface area contributed by atoms with E-state index in [1.165, 1.54) is 0 Å². The molecule has 1 aromatic heterocycles. The Kier molecular flexibility index (Phi) is 8.40. The summed E-state index contributed by atoms with van der Waals surface area (Å²) in [6.07, 6.45) is 4.53. The molecule has 1 aliphatic rings. The summed E-state index contributed by atoms with van der Waals surface area (Å²) >= 11 is 0. The fraction of sp³-hybridized carbons (Fsp3) is 0.250. The lowest BCUT2D eigenvalue weighted by Crippen LogP contribution is -2.34. The Morgan fingerprint density at radius 1 is 0.950 bits per heavy atom. The van der Waals surface area contributed by atoms with E-state index in [0.29, 0.717) is 37.1 Å². The first kappa shape index (κ1) is 27.7. The van der Waals surface area contributed by atoms with Gasteiger partial charge in [-0.15, -0.1) is 0 Å². The molecule has 2 N–H and O–H groups in total. The van der Waals surface area contributed by atoms with Gasteiger partial charge in [-0.3, -0.25) is 9.78 Å². The summed E-state index contributed by atoms with van der Waals surface area (Å²) in [7, 11) is -3.88. The first-order chi connectivity index (χ1) is 19.3. The molecule has 0 fully saturated rings. The van der Waals surface area contributed by atoms with Gasteiger partial charge in [-0.05, 0) is 77.1 Å². The molecule has 0 bridgehead atoms. The number of hydrogen-bond acceptors (Lipinski definition) is 5. The minimum Gasteiger partial charge on any atom is -0.391 e. The second kappa shape index (κ2) is 12.1. The third-order valence-electron chi connectivity index (χ3n) is 7.38. The molecule has 1 heterocycles. The fourth-order valence-corrected chi connectivity index (χ4v) is 6.33. The van der Waals surface area contributed by atoms with Crippen molar-refractivity contribution in [3.63, 3.8) is 0 Å². The number of aliphatic hydroxyl groups is 1. The van der Waals surface area contributed by atoms with Crippen molar-refractivity contribution in [2.24, 2.45) is 0 Å². The van der Waals surface area contributed by atoms with E-state index in [-0.39, 0.29) is 10.8 Å². The van der Waals surface area contributed by atoms with Gasteiger partial charge >= 0.3 is 0 Å². The third kappa shape index (κ3) is 6.31. The Balaban J connectivity index is 1.43. The van der Waals surface area contributed by atoms with Gasteiger partial charge in [0, 0.05) is 30.9 Å². The molecular weight excluding hydrogens is 522 g/mol. The molecule has 7 nitrogen and oxygen atoms in total. The van der Waals surface area contributed by atoms with Gasteiger partial charge < -0.3 is 10.0 Å². The van der Waals surface area contributed by atoms with Gasteiger partial charge in [-0.1, -0.05) is 55.5 Å². The highest BCUT2D eigenvalue weighted by atomic mass is 32.2. The summed E-state index contributed by atoms with van der Waals surface area (Å²) in [5, 5.41) is 10.9. The molecule has 1 amide bonds. The monoisotopic (exact) mass is 555 g/mol. The molecule has 0 spiro atoms. The smallest absolute Gasteiger partial charge is 0.241 e. The number of carbonyl (C=O) groups excluding carboxylic acids is 1. The Morgan fingerprint density at radius 2 is 1.68 bits per heavy atom. The van der Waals surface area contributed by atoms with E-state index in [1.54, 1.807) is 41.6 Å². The van der Waals surface area contributed by atoms with E-state index in [0.717, 1.165) is 28.7 Å². The zero-order valence-corrected chi connectivity index (χ0v) is 23.2. The lowest BCUT2D eigenvalue weighted by Gasteiger charge is -2.25. The third-order valence-corrected chi connectivity index (χ3v) is 8.83. The number of aliphatic hydroxyl groups excluding tert-OH is 1. The molecule has 4 aromatic rings. The van der Waals surface area contributed by atoms with Crippen LogP contribution in [0.3, 0.4) is 0 Å². The summed E-state index contributed by atoms with van der Waals surface area (Å²) in [5.74, 6) is -0.0488. The van der Waals surface area contributed by atoms with Gasteiger partial charge in [0.15, 0.2) is 0 Å². The van der Waals surface area contributed by atoms with Gasteiger partial charge in [0.25, 0.3) is 0 Å². The Hall–Kier alpha value is -3.85. The van der Waals surface area contributed by atoms with Crippen LogP contribution < -0.4 is 9.62 Å². The number of rotatable bonds is 10. The zero-order valence-electron chi connectivity index (χ0n) is 22.4. The van der Waals surface area contributed by atoms with Crippen molar-refractivity contribution in [1.29, 1.82) is 0 Å². The fourth-order valence-electron chi connectivity index (χ4n) is 5.08. The highest BCUT2D eigenvalue weighted by Crippen LogP contribution is 2.36. The molecule has 0 saturated heterocycles. The molecule has 1 aliphatic carbocycles. The van der Waals surface area contributed by atoms with Crippen molar-refractivity contribution >= 4 is 21.6 Å². The summed E-state index contributed by atoms with van der Waals surface area (Å²) in [6.45, 7) is 2.35. The van der Waals surface area contributed by atoms with E-state index in [1.807, 2.05) is 67.6 Å². The highest BCUT2D eigenvalue weighted by Gasteiger charge is 2.35. The van der Waals surface area contributed by atoms with Gasteiger partial charge in [0.2, 0.25) is 15.9 Å². The number of hydrogen-bond donors (Lipinski definition) is 2. The summed E-state index contributed by atoms with van der Waals surface area (Å²) < 4.78 is 29.2. The largest absolute Gasteiger partial charge is 0.391 e. The topological polar surface area (TPSA) is 99.6 Å². The molecule has 0 aliphatic heterocycles. The number of nitrogens with one attached hydrogen (secondary N) is 1. The van der Waals surface area contributed by atoms with Crippen LogP contribution in [0.25, 0.3) is 0 Å². The van der Waals surface area contributed by atoms with Crippen LogP contribution in [0.15, 0.2) is 102 Å². The highest BCUT2D eigenvalue weighted by molar-refractivity contribution is 7.89. The van der Waals surface area contributed by atoms with Crippen LogP contribution in [0.5, 0.6) is 0 Å². The Bertz CT molecular complexity index is 1560. The molecule has 2 atom stereocenters. The van der Waals surface area contributed by atoms with Crippen molar-refractivity contribution < 1.29 is 18.3 Å². The number of carbonyl (C=O) groups is 1. The van der Waals surface area contributed by atoms with Crippen LogP contribution in [-0.2, 0) is 40.6 Å². The summed E-state index contributed by atoms with van der Waals surface area (Å²) in [6, 6.07) is 25.1. The maximum atomic E-state index is 13.6. The summed E-state index contributed by atoms with van der Waals surface area (Å²) in [4.78, 5) is 19.5. The zero-order chi connectivity index (χ0) is 28.1. The number of benzene rings is 3. The number of amides is 1. The Labute approximate surface area is 235 Å². The van der Waals surface area contributed by atoms with Crippen molar-refractivity contribution in [3.05, 3.63) is 125 Å². The predicted octanol–water partition coefficient (Wildman–Crippen LogP) is 4.75. The maximum absolute atomic E-state index is 13.6. The minimum atomic E-state index is -3.88. The molecule has 40 heavy (non-hydrogen) atoms. The number of aromatic nitrogens is 1. The average Bonchev–Trinajstić information content (AvgIpc) is 3.29.